The second-order valence-electron chi connectivity index (χ2n) is 11.4. The molecule has 41 heavy (non-hydrogen) atoms. The molecule has 0 radical (unpaired) electrons. The van der Waals surface area contributed by atoms with Crippen LogP contribution in [0.2, 0.25) is 5.02 Å². The van der Waals surface area contributed by atoms with Crippen LogP contribution in [0.1, 0.15) is 55.5 Å². The number of aliphatic hydroxyl groups is 1. The highest BCUT2D eigenvalue weighted by molar-refractivity contribution is 6.34. The summed E-state index contributed by atoms with van der Waals surface area (Å²) in [6.07, 6.45) is -1.90. The predicted molar refractivity (Wildman–Crippen MR) is 151 cm³/mol. The van der Waals surface area contributed by atoms with E-state index in [-0.39, 0.29) is 35.6 Å². The molecular formula is C30H37ClF3N3O4. The minimum absolute atomic E-state index is 0.0350. The summed E-state index contributed by atoms with van der Waals surface area (Å²) < 4.78 is 46.7. The third-order valence-electron chi connectivity index (χ3n) is 8.77. The van der Waals surface area contributed by atoms with Gasteiger partial charge in [-0.2, -0.15) is 13.2 Å². The van der Waals surface area contributed by atoms with Crippen LogP contribution < -0.4 is 15.0 Å². The van der Waals surface area contributed by atoms with Crippen LogP contribution in [-0.4, -0.2) is 67.8 Å². The van der Waals surface area contributed by atoms with E-state index in [2.05, 4.69) is 10.2 Å². The van der Waals surface area contributed by atoms with Gasteiger partial charge >= 0.3 is 6.18 Å². The molecule has 1 aliphatic carbocycles. The second-order valence-corrected chi connectivity index (χ2v) is 11.8. The lowest BCUT2D eigenvalue weighted by Gasteiger charge is -2.35. The smallest absolute Gasteiger partial charge is 0.430 e. The summed E-state index contributed by atoms with van der Waals surface area (Å²) in [5.41, 5.74) is -2.76. The van der Waals surface area contributed by atoms with Crippen LogP contribution in [0.15, 0.2) is 42.5 Å². The molecule has 1 heterocycles. The topological polar surface area (TPSA) is 82.1 Å². The molecule has 2 aliphatic rings. The van der Waals surface area contributed by atoms with Crippen LogP contribution in [0.5, 0.6) is 5.75 Å². The first kappa shape index (κ1) is 31.0. The van der Waals surface area contributed by atoms with E-state index in [1.54, 1.807) is 18.0 Å². The Balaban J connectivity index is 1.31. The van der Waals surface area contributed by atoms with Crippen molar-refractivity contribution in [3.05, 3.63) is 58.6 Å². The van der Waals surface area contributed by atoms with Crippen molar-refractivity contribution in [1.29, 1.82) is 0 Å². The summed E-state index contributed by atoms with van der Waals surface area (Å²) in [5.74, 6) is -1.23. The summed E-state index contributed by atoms with van der Waals surface area (Å²) in [6.45, 7) is 5.50. The van der Waals surface area contributed by atoms with E-state index in [1.807, 2.05) is 26.0 Å². The number of halogens is 4. The van der Waals surface area contributed by atoms with Gasteiger partial charge in [0.25, 0.3) is 17.4 Å². The first-order valence-electron chi connectivity index (χ1n) is 13.8. The van der Waals surface area contributed by atoms with Gasteiger partial charge < -0.3 is 25.0 Å². The number of carbonyl (C=O) groups excluding carboxylic acids is 2. The van der Waals surface area contributed by atoms with Gasteiger partial charge in [0.1, 0.15) is 5.75 Å². The number of hydrogen-bond acceptors (Lipinski definition) is 5. The molecule has 2 N–H and O–H groups in total. The first-order chi connectivity index (χ1) is 19.2. The number of rotatable bonds is 9. The van der Waals surface area contributed by atoms with Crippen LogP contribution in [0.3, 0.4) is 0 Å². The van der Waals surface area contributed by atoms with E-state index in [0.29, 0.717) is 17.0 Å². The second kappa shape index (κ2) is 11.7. The normalized spacial score (nSPS) is 19.6. The Bertz CT molecular complexity index is 1280. The Kier molecular flexibility index (Phi) is 8.85. The number of methoxy groups -OCH3 is 1. The average Bonchev–Trinajstić information content (AvgIpc) is 3.61. The van der Waals surface area contributed by atoms with Crippen molar-refractivity contribution >= 4 is 29.1 Å². The van der Waals surface area contributed by atoms with Crippen molar-refractivity contribution in [2.24, 2.45) is 11.3 Å². The highest BCUT2D eigenvalue weighted by atomic mass is 35.5. The highest BCUT2D eigenvalue weighted by Gasteiger charge is 2.61. The van der Waals surface area contributed by atoms with Crippen molar-refractivity contribution in [1.82, 2.24) is 10.2 Å². The monoisotopic (exact) mass is 595 g/mol. The molecule has 1 aliphatic heterocycles. The number of carbonyl (C=O) groups is 2. The molecule has 4 rings (SSSR count). The van der Waals surface area contributed by atoms with Crippen LogP contribution in [0.4, 0.5) is 18.9 Å². The number of anilines is 1. The van der Waals surface area contributed by atoms with E-state index < -0.39 is 23.2 Å². The van der Waals surface area contributed by atoms with Crippen molar-refractivity contribution in [2.75, 3.05) is 38.7 Å². The van der Waals surface area contributed by atoms with Gasteiger partial charge in [-0.15, -0.1) is 0 Å². The summed E-state index contributed by atoms with van der Waals surface area (Å²) in [7, 11) is 3.04. The SMILES string of the molecule is COc1cccc([C@@](O)(C(=O)NCC[C@H]2CC23CCN(c2ccc(C(=O)N(C)C(C)C)c(Cl)c2)CC3)C(F)(F)F)c1. The third kappa shape index (κ3) is 6.14. The lowest BCUT2D eigenvalue weighted by Crippen LogP contribution is -2.54. The fraction of sp³-hybridized carbons (Fsp3) is 0.533. The van der Waals surface area contributed by atoms with Crippen molar-refractivity contribution in [3.8, 4) is 5.75 Å². The Labute approximate surface area is 243 Å². The molecule has 1 saturated carbocycles. The zero-order valence-electron chi connectivity index (χ0n) is 23.7. The Morgan fingerprint density at radius 3 is 2.46 bits per heavy atom. The predicted octanol–water partition coefficient (Wildman–Crippen LogP) is 5.39. The van der Waals surface area contributed by atoms with Crippen LogP contribution in [-0.2, 0) is 10.4 Å². The first-order valence-corrected chi connectivity index (χ1v) is 14.1. The molecule has 2 atom stereocenters. The maximum atomic E-state index is 13.9. The minimum atomic E-state index is -5.21. The molecule has 2 aromatic carbocycles. The number of nitrogens with zero attached hydrogens (tertiary/aromatic N) is 2. The van der Waals surface area contributed by atoms with Crippen LogP contribution in [0, 0.1) is 11.3 Å². The van der Waals surface area contributed by atoms with Gasteiger partial charge in [0.15, 0.2) is 0 Å². The Morgan fingerprint density at radius 2 is 1.88 bits per heavy atom. The summed E-state index contributed by atoms with van der Waals surface area (Å²) in [6, 6.07) is 10.4. The standard InChI is InChI=1S/C30H37ClF3N3O4/c1-19(2)36(3)26(38)24-9-8-22(17-25(24)31)37-14-11-28(12-15-37)18-21(28)10-13-35-27(39)29(40,30(32,33)34)20-6-5-7-23(16-20)41-4/h5-9,16-17,19,21,40H,10-15,18H2,1-4H3,(H,35,39)/t21-,29+/m0/s1. The molecule has 11 heteroatoms. The van der Waals surface area contributed by atoms with E-state index in [1.165, 1.54) is 19.2 Å². The maximum Gasteiger partial charge on any atom is 0.430 e. The minimum Gasteiger partial charge on any atom is -0.497 e. The molecule has 2 aromatic rings. The number of alkyl halides is 3. The molecule has 224 valence electrons. The Hall–Kier alpha value is -2.98. The molecule has 7 nitrogen and oxygen atoms in total. The third-order valence-corrected chi connectivity index (χ3v) is 9.08. The number of amides is 2. The number of ether oxygens (including phenoxy) is 1. The number of benzene rings is 2. The van der Waals surface area contributed by atoms with Crippen LogP contribution >= 0.6 is 11.6 Å². The fourth-order valence-electron chi connectivity index (χ4n) is 5.72. The van der Waals surface area contributed by atoms with E-state index in [9.17, 15) is 27.9 Å². The lowest BCUT2D eigenvalue weighted by molar-refractivity contribution is -0.257. The Morgan fingerprint density at radius 1 is 1.20 bits per heavy atom. The molecule has 1 saturated heterocycles. The van der Waals surface area contributed by atoms with Gasteiger partial charge in [-0.1, -0.05) is 23.7 Å². The number of nitrogens with one attached hydrogen (secondary N) is 1. The number of piperidine rings is 1. The summed E-state index contributed by atoms with van der Waals surface area (Å²) in [5, 5.41) is 13.3. The molecule has 2 amide bonds. The molecule has 0 unspecified atom stereocenters. The zero-order chi connectivity index (χ0) is 30.2. The van der Waals surface area contributed by atoms with Gasteiger partial charge in [0, 0.05) is 44.0 Å². The van der Waals surface area contributed by atoms with Gasteiger partial charge in [0.05, 0.1) is 17.7 Å². The molecule has 0 bridgehead atoms. The molecule has 1 spiro atoms. The van der Waals surface area contributed by atoms with Gasteiger partial charge in [-0.25, -0.2) is 0 Å². The highest BCUT2D eigenvalue weighted by Crippen LogP contribution is 2.61. The van der Waals surface area contributed by atoms with Gasteiger partial charge in [-0.05, 0) is 81.2 Å². The molecular weight excluding hydrogens is 559 g/mol. The molecule has 2 fully saturated rings. The van der Waals surface area contributed by atoms with Gasteiger partial charge in [0.2, 0.25) is 0 Å². The average molecular weight is 596 g/mol. The van der Waals surface area contributed by atoms with E-state index in [0.717, 1.165) is 50.2 Å². The van der Waals surface area contributed by atoms with Crippen molar-refractivity contribution in [3.63, 3.8) is 0 Å². The van der Waals surface area contributed by atoms with Crippen LogP contribution in [0.25, 0.3) is 0 Å². The van der Waals surface area contributed by atoms with E-state index in [4.69, 9.17) is 16.3 Å². The zero-order valence-corrected chi connectivity index (χ0v) is 24.5. The van der Waals surface area contributed by atoms with E-state index >= 15 is 0 Å². The maximum absolute atomic E-state index is 13.9. The van der Waals surface area contributed by atoms with Crippen molar-refractivity contribution in [2.45, 2.75) is 57.3 Å². The lowest BCUT2D eigenvalue weighted by atomic mass is 9.89. The largest absolute Gasteiger partial charge is 0.497 e. The number of hydrogen-bond donors (Lipinski definition) is 2. The quantitative estimate of drug-likeness (QED) is 0.406. The van der Waals surface area contributed by atoms with Crippen molar-refractivity contribution < 1.29 is 32.6 Å². The fourth-order valence-corrected chi connectivity index (χ4v) is 5.98. The molecule has 0 aromatic heterocycles. The summed E-state index contributed by atoms with van der Waals surface area (Å²) >= 11 is 6.48. The van der Waals surface area contributed by atoms with Gasteiger partial charge in [-0.3, -0.25) is 9.59 Å². The summed E-state index contributed by atoms with van der Waals surface area (Å²) in [4.78, 5) is 29.2.